The summed E-state index contributed by atoms with van der Waals surface area (Å²) in [4.78, 5) is 4.50. The lowest BCUT2D eigenvalue weighted by Crippen LogP contribution is -2.01. The van der Waals surface area contributed by atoms with E-state index in [4.69, 9.17) is 21.6 Å². The van der Waals surface area contributed by atoms with E-state index in [1.807, 2.05) is 6.07 Å². The predicted molar refractivity (Wildman–Crippen MR) is 66.1 cm³/mol. The highest BCUT2D eigenvalue weighted by Crippen LogP contribution is 2.25. The number of nitrogens with zero attached hydrogens (tertiary/aromatic N) is 2. The average molecular weight is 260 g/mol. The van der Waals surface area contributed by atoms with Gasteiger partial charge in [0, 0.05) is 20.3 Å². The van der Waals surface area contributed by atoms with Crippen molar-refractivity contribution in [3.8, 4) is 6.07 Å². The molecular weight excluding hydrogens is 246 g/mol. The summed E-state index contributed by atoms with van der Waals surface area (Å²) in [5, 5.41) is 12.8. The van der Waals surface area contributed by atoms with Gasteiger partial charge in [-0.15, -0.1) is 0 Å². The Balaban J connectivity index is 2.20. The number of ether oxygens (including phenoxy) is 1. The molecule has 0 bridgehead atoms. The predicted octanol–water partition coefficient (Wildman–Crippen LogP) is 2.90. The molecule has 4 nitrogen and oxygen atoms in total. The van der Waals surface area contributed by atoms with Crippen LogP contribution in [0.5, 0.6) is 0 Å². The molecule has 0 fully saturated rings. The minimum absolute atomic E-state index is 0.286. The second-order valence-corrected chi connectivity index (χ2v) is 4.59. The van der Waals surface area contributed by atoms with E-state index in [1.54, 1.807) is 7.11 Å². The first-order valence-electron chi connectivity index (χ1n) is 5.07. The molecule has 0 radical (unpaired) electrons. The molecule has 0 saturated heterocycles. The van der Waals surface area contributed by atoms with Crippen LogP contribution in [0.15, 0.2) is 0 Å². The average Bonchev–Trinajstić information content (AvgIpc) is 2.64. The number of hydrogen-bond donors (Lipinski definition) is 1. The molecule has 0 spiro atoms. The van der Waals surface area contributed by atoms with Crippen LogP contribution in [0.2, 0.25) is 5.15 Å². The van der Waals surface area contributed by atoms with Gasteiger partial charge in [-0.3, -0.25) is 0 Å². The molecule has 1 rings (SSSR count). The maximum atomic E-state index is 8.69. The third-order valence-corrected chi connectivity index (χ3v) is 3.29. The van der Waals surface area contributed by atoms with Crippen LogP contribution in [-0.2, 0) is 4.74 Å². The van der Waals surface area contributed by atoms with Crippen molar-refractivity contribution in [1.29, 1.82) is 5.26 Å². The van der Waals surface area contributed by atoms with Gasteiger partial charge >= 0.3 is 0 Å². The van der Waals surface area contributed by atoms with Crippen molar-refractivity contribution in [2.75, 3.05) is 25.6 Å². The van der Waals surface area contributed by atoms with Gasteiger partial charge in [0.2, 0.25) is 0 Å². The van der Waals surface area contributed by atoms with Crippen LogP contribution in [0.25, 0.3) is 0 Å². The van der Waals surface area contributed by atoms with Crippen LogP contribution < -0.4 is 5.32 Å². The van der Waals surface area contributed by atoms with Crippen LogP contribution in [0.3, 0.4) is 0 Å². The van der Waals surface area contributed by atoms with Gasteiger partial charge in [-0.25, -0.2) is 4.98 Å². The zero-order valence-corrected chi connectivity index (χ0v) is 10.7. The molecular formula is C10H14ClN3OS. The third kappa shape index (κ3) is 4.35. The highest BCUT2D eigenvalue weighted by atomic mass is 35.5. The number of nitriles is 1. The van der Waals surface area contributed by atoms with Crippen molar-refractivity contribution in [3.05, 3.63) is 10.0 Å². The molecule has 0 atom stereocenters. The second-order valence-electron chi connectivity index (χ2n) is 3.23. The fourth-order valence-electron chi connectivity index (χ4n) is 1.19. The molecule has 1 aromatic rings. The molecule has 0 aromatic carbocycles. The lowest BCUT2D eigenvalue weighted by Gasteiger charge is -2.01. The summed E-state index contributed by atoms with van der Waals surface area (Å²) in [5.41, 5.74) is 0. The summed E-state index contributed by atoms with van der Waals surface area (Å²) in [6, 6.07) is 2.00. The molecule has 1 aromatic heterocycles. The van der Waals surface area contributed by atoms with Crippen LogP contribution in [0.4, 0.5) is 5.13 Å². The van der Waals surface area contributed by atoms with Crippen molar-refractivity contribution in [2.24, 2.45) is 0 Å². The number of nitrogens with one attached hydrogen (secondary N) is 1. The first kappa shape index (κ1) is 13.2. The highest BCUT2D eigenvalue weighted by molar-refractivity contribution is 7.16. The summed E-state index contributed by atoms with van der Waals surface area (Å²) in [6.07, 6.45) is 3.24. The van der Waals surface area contributed by atoms with Crippen molar-refractivity contribution < 1.29 is 4.74 Å². The molecule has 1 N–H and O–H groups in total. The van der Waals surface area contributed by atoms with Crippen molar-refractivity contribution in [2.45, 2.75) is 19.3 Å². The number of aromatic nitrogens is 1. The molecule has 0 aliphatic heterocycles. The Morgan fingerprint density at radius 2 is 2.31 bits per heavy atom. The first-order valence-corrected chi connectivity index (χ1v) is 6.26. The van der Waals surface area contributed by atoms with Gasteiger partial charge in [0.05, 0.1) is 0 Å². The Kier molecular flexibility index (Phi) is 6.16. The fraction of sp³-hybridized carbons (Fsp3) is 0.600. The van der Waals surface area contributed by atoms with Gasteiger partial charge in [-0.2, -0.15) is 5.26 Å². The Morgan fingerprint density at radius 1 is 1.50 bits per heavy atom. The summed E-state index contributed by atoms with van der Waals surface area (Å²) in [6.45, 7) is 1.65. The topological polar surface area (TPSA) is 57.9 Å². The highest BCUT2D eigenvalue weighted by Gasteiger charge is 2.07. The number of halogens is 1. The van der Waals surface area contributed by atoms with Crippen LogP contribution >= 0.6 is 22.9 Å². The standard InChI is InChI=1S/C10H14ClN3OS/c1-15-6-4-2-3-5-13-10-14-9(11)8(7-12)16-10/h2-6H2,1H3,(H,13,14). The van der Waals surface area contributed by atoms with Crippen molar-refractivity contribution in [3.63, 3.8) is 0 Å². The third-order valence-electron chi connectivity index (χ3n) is 1.99. The van der Waals surface area contributed by atoms with E-state index in [0.29, 0.717) is 10.0 Å². The van der Waals surface area contributed by atoms with Gasteiger partial charge in [0.15, 0.2) is 10.3 Å². The van der Waals surface area contributed by atoms with Gasteiger partial charge in [0.1, 0.15) is 10.9 Å². The molecule has 16 heavy (non-hydrogen) atoms. The largest absolute Gasteiger partial charge is 0.385 e. The fourth-order valence-corrected chi connectivity index (χ4v) is 2.16. The molecule has 6 heteroatoms. The summed E-state index contributed by atoms with van der Waals surface area (Å²) >= 11 is 7.03. The molecule has 0 aliphatic rings. The molecule has 0 saturated carbocycles. The van der Waals surface area contributed by atoms with E-state index in [0.717, 1.165) is 32.4 Å². The summed E-state index contributed by atoms with van der Waals surface area (Å²) in [7, 11) is 1.71. The first-order chi connectivity index (χ1) is 7.77. The quantitative estimate of drug-likeness (QED) is 0.765. The minimum atomic E-state index is 0.286. The van der Waals surface area contributed by atoms with Crippen LogP contribution in [0, 0.1) is 11.3 Å². The van der Waals surface area contributed by atoms with E-state index in [1.165, 1.54) is 11.3 Å². The molecule has 0 aliphatic carbocycles. The summed E-state index contributed by atoms with van der Waals surface area (Å²) in [5.74, 6) is 0. The smallest absolute Gasteiger partial charge is 0.185 e. The van der Waals surface area contributed by atoms with Crippen LogP contribution in [-0.4, -0.2) is 25.2 Å². The van der Waals surface area contributed by atoms with Crippen LogP contribution in [0.1, 0.15) is 24.1 Å². The Morgan fingerprint density at radius 3 is 2.94 bits per heavy atom. The minimum Gasteiger partial charge on any atom is -0.385 e. The van der Waals surface area contributed by atoms with Gasteiger partial charge in [-0.05, 0) is 19.3 Å². The molecule has 1 heterocycles. The number of rotatable bonds is 7. The van der Waals surface area contributed by atoms with Crippen molar-refractivity contribution in [1.82, 2.24) is 4.98 Å². The van der Waals surface area contributed by atoms with E-state index in [9.17, 15) is 0 Å². The maximum absolute atomic E-state index is 8.69. The van der Waals surface area contributed by atoms with E-state index < -0.39 is 0 Å². The Hall–Kier alpha value is -0.830. The maximum Gasteiger partial charge on any atom is 0.185 e. The summed E-state index contributed by atoms with van der Waals surface area (Å²) < 4.78 is 4.96. The second kappa shape index (κ2) is 7.44. The Bertz CT molecular complexity index is 361. The molecule has 0 amide bonds. The SMILES string of the molecule is COCCCCCNc1nc(Cl)c(C#N)s1. The van der Waals surface area contributed by atoms with Gasteiger partial charge in [0.25, 0.3) is 0 Å². The normalized spacial score (nSPS) is 10.1. The number of hydrogen-bond acceptors (Lipinski definition) is 5. The molecule has 0 unspecified atom stereocenters. The zero-order valence-electron chi connectivity index (χ0n) is 9.12. The number of thiazole rings is 1. The molecule has 88 valence electrons. The zero-order chi connectivity index (χ0) is 11.8. The monoisotopic (exact) mass is 259 g/mol. The lowest BCUT2D eigenvalue weighted by molar-refractivity contribution is 0.192. The van der Waals surface area contributed by atoms with E-state index in [-0.39, 0.29) is 5.15 Å². The lowest BCUT2D eigenvalue weighted by atomic mass is 10.2. The van der Waals surface area contributed by atoms with Gasteiger partial charge < -0.3 is 10.1 Å². The van der Waals surface area contributed by atoms with E-state index >= 15 is 0 Å². The number of anilines is 1. The Labute approximate surface area is 104 Å². The van der Waals surface area contributed by atoms with Gasteiger partial charge in [-0.1, -0.05) is 22.9 Å². The van der Waals surface area contributed by atoms with E-state index in [2.05, 4.69) is 10.3 Å². The van der Waals surface area contributed by atoms with Crippen molar-refractivity contribution >= 4 is 28.1 Å². The number of methoxy groups -OCH3 is 1. The number of unbranched alkanes of at least 4 members (excludes halogenated alkanes) is 2.